The second-order valence-electron chi connectivity index (χ2n) is 1.60. The number of benzene rings is 1. The Morgan fingerprint density at radius 3 is 0.909 bits per heavy atom. The maximum Gasteiger partial charge on any atom is 0.394 e. The molecule has 5 heteroatoms. The second kappa shape index (κ2) is 4.84. The van der Waals surface area contributed by atoms with E-state index in [0.29, 0.717) is 0 Å². The van der Waals surface area contributed by atoms with Crippen LogP contribution in [0.1, 0.15) is 0 Å². The van der Waals surface area contributed by atoms with Crippen molar-refractivity contribution < 1.29 is 17.5 Å². The summed E-state index contributed by atoms with van der Waals surface area (Å²) in [6.07, 6.45) is 0. The zero-order valence-electron chi connectivity index (χ0n) is 5.58. The van der Waals surface area contributed by atoms with Crippen LogP contribution in [0.25, 0.3) is 0 Å². The average Bonchev–Trinajstić information content (AvgIpc) is 1.88. The lowest BCUT2D eigenvalue weighted by Crippen LogP contribution is -1.89. The highest BCUT2D eigenvalue weighted by atomic mass is 32.3. The molecule has 0 aliphatic rings. The largest absolute Gasteiger partial charge is 0.394 e. The van der Waals surface area contributed by atoms with E-state index >= 15 is 0 Å². The van der Waals surface area contributed by atoms with Crippen molar-refractivity contribution in [2.75, 3.05) is 0 Å². The van der Waals surface area contributed by atoms with Gasteiger partial charge in [0.15, 0.2) is 0 Å². The Morgan fingerprint density at radius 2 is 0.818 bits per heavy atom. The minimum absolute atomic E-state index is 2.00. The molecule has 0 heterocycles. The van der Waals surface area contributed by atoms with E-state index in [0.717, 1.165) is 0 Å². The van der Waals surface area contributed by atoms with Crippen molar-refractivity contribution in [2.45, 2.75) is 0 Å². The minimum atomic E-state index is -4.67. The van der Waals surface area contributed by atoms with Gasteiger partial charge in [0.25, 0.3) is 0 Å². The van der Waals surface area contributed by atoms with Crippen molar-refractivity contribution in [3.8, 4) is 0 Å². The second-order valence-corrected chi connectivity index (χ2v) is 2.50. The molecule has 1 aromatic rings. The van der Waals surface area contributed by atoms with Gasteiger partial charge in [-0.2, -0.15) is 8.42 Å². The van der Waals surface area contributed by atoms with E-state index in [1.54, 1.807) is 0 Å². The van der Waals surface area contributed by atoms with Gasteiger partial charge in [-0.1, -0.05) is 36.4 Å². The Labute approximate surface area is 65.1 Å². The number of rotatable bonds is 0. The summed E-state index contributed by atoms with van der Waals surface area (Å²) < 4.78 is 31.6. The van der Waals surface area contributed by atoms with Crippen molar-refractivity contribution in [3.05, 3.63) is 36.4 Å². The summed E-state index contributed by atoms with van der Waals surface area (Å²) in [7, 11) is -4.67. The fraction of sp³-hybridized carbons (Fsp3) is 0. The normalized spacial score (nSPS) is 9.64. The van der Waals surface area contributed by atoms with E-state index in [-0.39, 0.29) is 0 Å². The molecule has 1 rings (SSSR count). The average molecular weight is 176 g/mol. The van der Waals surface area contributed by atoms with E-state index in [2.05, 4.69) is 0 Å². The molecule has 0 radical (unpaired) electrons. The predicted octanol–water partition coefficient (Wildman–Crippen LogP) is 1.03. The first-order valence-corrected chi connectivity index (χ1v) is 4.10. The van der Waals surface area contributed by atoms with Crippen molar-refractivity contribution >= 4 is 10.4 Å². The molecule has 0 fully saturated rings. The molecule has 0 saturated heterocycles. The molecule has 62 valence electrons. The van der Waals surface area contributed by atoms with Gasteiger partial charge in [-0.05, 0) is 0 Å². The van der Waals surface area contributed by atoms with Gasteiger partial charge >= 0.3 is 10.4 Å². The van der Waals surface area contributed by atoms with Crippen molar-refractivity contribution in [3.63, 3.8) is 0 Å². The van der Waals surface area contributed by atoms with Gasteiger partial charge in [0.1, 0.15) is 0 Å². The Morgan fingerprint density at radius 1 is 0.727 bits per heavy atom. The van der Waals surface area contributed by atoms with E-state index < -0.39 is 10.4 Å². The molecule has 4 nitrogen and oxygen atoms in total. The highest BCUT2D eigenvalue weighted by Crippen LogP contribution is 1.79. The summed E-state index contributed by atoms with van der Waals surface area (Å²) in [6, 6.07) is 12.0. The lowest BCUT2D eigenvalue weighted by molar-refractivity contribution is 0.381. The van der Waals surface area contributed by atoms with Gasteiger partial charge < -0.3 is 0 Å². The van der Waals surface area contributed by atoms with Crippen molar-refractivity contribution in [2.24, 2.45) is 0 Å². The SMILES string of the molecule is O=S(=O)(O)O.c1ccccc1. The lowest BCUT2D eigenvalue weighted by Gasteiger charge is -1.69. The van der Waals surface area contributed by atoms with Crippen LogP contribution < -0.4 is 0 Å². The summed E-state index contributed by atoms with van der Waals surface area (Å²) in [6.45, 7) is 0. The molecule has 0 aliphatic heterocycles. The molecule has 0 aliphatic carbocycles. The quantitative estimate of drug-likeness (QED) is 0.579. The van der Waals surface area contributed by atoms with E-state index in [1.165, 1.54) is 0 Å². The molecule has 2 N–H and O–H groups in total. The van der Waals surface area contributed by atoms with Gasteiger partial charge in [-0.3, -0.25) is 9.11 Å². The summed E-state index contributed by atoms with van der Waals surface area (Å²) in [4.78, 5) is 0. The van der Waals surface area contributed by atoms with Gasteiger partial charge in [0.2, 0.25) is 0 Å². The molecule has 0 spiro atoms. The van der Waals surface area contributed by atoms with Crippen molar-refractivity contribution in [1.29, 1.82) is 0 Å². The van der Waals surface area contributed by atoms with Crippen LogP contribution in [-0.4, -0.2) is 17.5 Å². The molecule has 1 aromatic carbocycles. The molecular weight excluding hydrogens is 168 g/mol. The van der Waals surface area contributed by atoms with Crippen LogP contribution in [0.2, 0.25) is 0 Å². The third-order valence-corrected chi connectivity index (χ3v) is 0.667. The van der Waals surface area contributed by atoms with Crippen LogP contribution in [0.4, 0.5) is 0 Å². The Hall–Kier alpha value is -0.910. The highest BCUT2D eigenvalue weighted by molar-refractivity contribution is 7.79. The summed E-state index contributed by atoms with van der Waals surface area (Å²) >= 11 is 0. The van der Waals surface area contributed by atoms with Gasteiger partial charge in [0, 0.05) is 0 Å². The van der Waals surface area contributed by atoms with E-state index in [9.17, 15) is 0 Å². The topological polar surface area (TPSA) is 74.6 Å². The van der Waals surface area contributed by atoms with Crippen LogP contribution in [0.5, 0.6) is 0 Å². The first-order valence-electron chi connectivity index (χ1n) is 2.70. The molecular formula is C6H8O4S. The number of hydrogen-bond acceptors (Lipinski definition) is 2. The molecule has 11 heavy (non-hydrogen) atoms. The van der Waals surface area contributed by atoms with Crippen LogP contribution in [0.15, 0.2) is 36.4 Å². The maximum atomic E-state index is 8.74. The zero-order chi connectivity index (χ0) is 8.74. The molecule has 0 atom stereocenters. The summed E-state index contributed by atoms with van der Waals surface area (Å²) in [5.74, 6) is 0. The Bertz CT molecular complexity index is 231. The molecule has 0 amide bonds. The van der Waals surface area contributed by atoms with Crippen LogP contribution >= 0.6 is 0 Å². The summed E-state index contributed by atoms with van der Waals surface area (Å²) in [5.41, 5.74) is 0. The van der Waals surface area contributed by atoms with Gasteiger partial charge in [-0.15, -0.1) is 0 Å². The predicted molar refractivity (Wildman–Crippen MR) is 40.6 cm³/mol. The molecule has 0 saturated carbocycles. The fourth-order valence-corrected chi connectivity index (χ4v) is 0.385. The Balaban J connectivity index is 0.000000187. The van der Waals surface area contributed by atoms with Gasteiger partial charge in [0.05, 0.1) is 0 Å². The smallest absolute Gasteiger partial charge is 0.264 e. The standard InChI is InChI=1S/C6H6.H2O4S/c1-2-4-6-5-3-1;1-5(2,3)4/h1-6H;(H2,1,2,3,4). The van der Waals surface area contributed by atoms with Crippen LogP contribution in [0.3, 0.4) is 0 Å². The highest BCUT2D eigenvalue weighted by Gasteiger charge is 1.84. The number of hydrogen-bond donors (Lipinski definition) is 2. The van der Waals surface area contributed by atoms with Crippen LogP contribution in [0, 0.1) is 0 Å². The third-order valence-electron chi connectivity index (χ3n) is 0.667. The monoisotopic (exact) mass is 176 g/mol. The first-order chi connectivity index (χ1) is 5.00. The van der Waals surface area contributed by atoms with E-state index in [1.807, 2.05) is 36.4 Å². The lowest BCUT2D eigenvalue weighted by atomic mass is 10.4. The van der Waals surface area contributed by atoms with E-state index in [4.69, 9.17) is 17.5 Å². The molecule has 0 aromatic heterocycles. The minimum Gasteiger partial charge on any atom is -0.264 e. The van der Waals surface area contributed by atoms with Crippen LogP contribution in [-0.2, 0) is 10.4 Å². The molecule has 0 unspecified atom stereocenters. The molecule has 0 bridgehead atoms. The summed E-state index contributed by atoms with van der Waals surface area (Å²) in [5, 5.41) is 0. The Kier molecular flexibility index (Phi) is 4.44. The maximum absolute atomic E-state index is 8.74. The fourth-order valence-electron chi connectivity index (χ4n) is 0.385. The van der Waals surface area contributed by atoms with Crippen molar-refractivity contribution in [1.82, 2.24) is 0 Å². The third kappa shape index (κ3) is 17.6. The van der Waals surface area contributed by atoms with Gasteiger partial charge in [-0.25, -0.2) is 0 Å². The zero-order valence-corrected chi connectivity index (χ0v) is 6.40. The first kappa shape index (κ1) is 10.1.